The first kappa shape index (κ1) is 11.7. The maximum atomic E-state index is 11.0. The van der Waals surface area contributed by atoms with Crippen molar-refractivity contribution in [1.82, 2.24) is 4.98 Å². The number of nitrogens with zero attached hydrogens (tertiary/aromatic N) is 1. The Bertz CT molecular complexity index is 598. The molecule has 0 radical (unpaired) electrons. The van der Waals surface area contributed by atoms with Crippen LogP contribution in [0.5, 0.6) is 0 Å². The second-order valence-corrected chi connectivity index (χ2v) is 4.45. The molecule has 1 aromatic carbocycles. The number of nitrogen functional groups attached to an aromatic ring is 1. The average Bonchev–Trinajstić information content (AvgIpc) is 2.73. The van der Waals surface area contributed by atoms with E-state index in [1.807, 2.05) is 6.92 Å². The number of nitrogens with one attached hydrogen (secondary N) is 1. The normalized spacial score (nSPS) is 10.9. The Hall–Kier alpha value is -1.73. The maximum Gasteiger partial charge on any atom is 0.255 e. The highest BCUT2D eigenvalue weighted by Crippen LogP contribution is 2.13. The van der Waals surface area contributed by atoms with Gasteiger partial charge in [0.25, 0.3) is 10.9 Å². The predicted octanol–water partition coefficient (Wildman–Crippen LogP) is 0.216. The van der Waals surface area contributed by atoms with Gasteiger partial charge >= 0.3 is 0 Å². The Balaban J connectivity index is 1.80. The van der Waals surface area contributed by atoms with Gasteiger partial charge in [-0.2, -0.15) is 0 Å². The molecule has 7 heteroatoms. The lowest BCUT2D eigenvalue weighted by Gasteiger charge is -2.09. The van der Waals surface area contributed by atoms with E-state index in [2.05, 4.69) is 10.5 Å². The molecular weight excluding hydrogens is 242 g/mol. The van der Waals surface area contributed by atoms with Crippen LogP contribution in [0.15, 0.2) is 15.1 Å². The van der Waals surface area contributed by atoms with Gasteiger partial charge in [-0.05, 0) is 6.92 Å². The molecule has 6 nitrogen and oxygen atoms in total. The first-order valence-corrected chi connectivity index (χ1v) is 5.84. The number of aromatic nitrogens is 1. The van der Waals surface area contributed by atoms with Gasteiger partial charge in [0.05, 0.1) is 17.8 Å². The van der Waals surface area contributed by atoms with E-state index in [4.69, 9.17) is 10.6 Å². The summed E-state index contributed by atoms with van der Waals surface area (Å²) in [5, 5.41) is 0. The Kier molecular flexibility index (Phi) is 3.21. The summed E-state index contributed by atoms with van der Waals surface area (Å²) < 4.78 is 0. The Morgan fingerprint density at radius 2 is 2.24 bits per heavy atom. The zero-order chi connectivity index (χ0) is 12.4. The molecule has 17 heavy (non-hydrogen) atoms. The van der Waals surface area contributed by atoms with Crippen LogP contribution in [-0.2, 0) is 11.3 Å². The largest absolute Gasteiger partial charge is 0.394 e. The minimum Gasteiger partial charge on any atom is -0.394 e. The number of hydrogen-bond donors (Lipinski definition) is 2. The van der Waals surface area contributed by atoms with Crippen LogP contribution in [-0.4, -0.2) is 11.6 Å². The number of aryl methyl sites for hydroxylation is 1. The number of anilines is 2. The van der Waals surface area contributed by atoms with Gasteiger partial charge in [-0.25, -0.2) is 4.98 Å². The van der Waals surface area contributed by atoms with Gasteiger partial charge in [-0.15, -0.1) is 11.3 Å². The van der Waals surface area contributed by atoms with Crippen LogP contribution in [0.1, 0.15) is 10.6 Å². The fourth-order valence-corrected chi connectivity index (χ4v) is 2.11. The fourth-order valence-electron chi connectivity index (χ4n) is 1.34. The van der Waals surface area contributed by atoms with E-state index in [-0.39, 0.29) is 11.4 Å². The lowest BCUT2D eigenvalue weighted by Crippen LogP contribution is -2.37. The number of rotatable bonds is 5. The SMILES string of the molecule is Cc1ncsc1CCONc1c(N)c(=O)c1=O. The molecule has 0 amide bonds. The lowest BCUT2D eigenvalue weighted by atomic mass is 10.2. The highest BCUT2D eigenvalue weighted by Gasteiger charge is 2.17. The van der Waals surface area contributed by atoms with Gasteiger partial charge in [0.1, 0.15) is 11.4 Å². The average molecular weight is 253 g/mol. The van der Waals surface area contributed by atoms with Crippen molar-refractivity contribution in [2.45, 2.75) is 13.3 Å². The van der Waals surface area contributed by atoms with Gasteiger partial charge in [0.15, 0.2) is 0 Å². The minimum atomic E-state index is -0.658. The van der Waals surface area contributed by atoms with Crippen LogP contribution in [0.3, 0.4) is 0 Å². The molecule has 90 valence electrons. The predicted molar refractivity (Wildman–Crippen MR) is 65.9 cm³/mol. The minimum absolute atomic E-state index is 0.0519. The Labute approximate surface area is 101 Å². The molecule has 3 N–H and O–H groups in total. The van der Waals surface area contributed by atoms with Gasteiger partial charge in [0, 0.05) is 11.3 Å². The zero-order valence-corrected chi connectivity index (χ0v) is 9.97. The van der Waals surface area contributed by atoms with Crippen LogP contribution in [0.4, 0.5) is 11.4 Å². The van der Waals surface area contributed by atoms with Gasteiger partial charge < -0.3 is 5.73 Å². The van der Waals surface area contributed by atoms with Crippen molar-refractivity contribution < 1.29 is 4.84 Å². The number of nitrogens with two attached hydrogens (primary N) is 1. The third-order valence-corrected chi connectivity index (χ3v) is 3.39. The van der Waals surface area contributed by atoms with Crippen molar-refractivity contribution in [2.24, 2.45) is 0 Å². The van der Waals surface area contributed by atoms with E-state index in [0.717, 1.165) is 10.6 Å². The lowest BCUT2D eigenvalue weighted by molar-refractivity contribution is 0.197. The molecule has 0 saturated carbocycles. The maximum absolute atomic E-state index is 11.0. The summed E-state index contributed by atoms with van der Waals surface area (Å²) in [6.45, 7) is 2.30. The molecule has 0 fully saturated rings. The first-order valence-electron chi connectivity index (χ1n) is 4.96. The molecule has 0 aliphatic carbocycles. The molecule has 0 unspecified atom stereocenters. The summed E-state index contributed by atoms with van der Waals surface area (Å²) in [5.74, 6) is 0. The number of hydrogen-bond acceptors (Lipinski definition) is 7. The van der Waals surface area contributed by atoms with Crippen LogP contribution in [0.25, 0.3) is 0 Å². The zero-order valence-electron chi connectivity index (χ0n) is 9.15. The van der Waals surface area contributed by atoms with Crippen molar-refractivity contribution in [2.75, 3.05) is 17.8 Å². The molecule has 0 spiro atoms. The molecule has 1 aromatic heterocycles. The monoisotopic (exact) mass is 253 g/mol. The number of thiazole rings is 1. The fraction of sp³-hybridized carbons (Fsp3) is 0.300. The van der Waals surface area contributed by atoms with E-state index in [9.17, 15) is 9.59 Å². The molecule has 0 atom stereocenters. The van der Waals surface area contributed by atoms with Gasteiger partial charge in [0.2, 0.25) is 0 Å². The molecular formula is C10H11N3O3S. The second-order valence-electron chi connectivity index (χ2n) is 3.51. The third kappa shape index (κ3) is 2.20. The van der Waals surface area contributed by atoms with E-state index < -0.39 is 10.9 Å². The molecule has 2 aromatic rings. The highest BCUT2D eigenvalue weighted by atomic mass is 32.1. The molecule has 0 aliphatic heterocycles. The summed E-state index contributed by atoms with van der Waals surface area (Å²) in [7, 11) is 0. The second kappa shape index (κ2) is 4.64. The van der Waals surface area contributed by atoms with Crippen molar-refractivity contribution in [3.63, 3.8) is 0 Å². The summed E-state index contributed by atoms with van der Waals surface area (Å²) in [4.78, 5) is 32.1. The molecule has 0 saturated heterocycles. The Morgan fingerprint density at radius 1 is 1.47 bits per heavy atom. The van der Waals surface area contributed by atoms with Crippen LogP contribution < -0.4 is 22.1 Å². The van der Waals surface area contributed by atoms with Crippen molar-refractivity contribution >= 4 is 22.7 Å². The molecule has 1 heterocycles. The summed E-state index contributed by atoms with van der Waals surface area (Å²) in [6, 6.07) is 0. The highest BCUT2D eigenvalue weighted by molar-refractivity contribution is 7.09. The van der Waals surface area contributed by atoms with Crippen molar-refractivity contribution in [3.05, 3.63) is 36.5 Å². The molecule has 2 rings (SSSR count). The van der Waals surface area contributed by atoms with E-state index >= 15 is 0 Å². The summed E-state index contributed by atoms with van der Waals surface area (Å²) >= 11 is 1.55. The quantitative estimate of drug-likeness (QED) is 0.449. The Morgan fingerprint density at radius 3 is 2.82 bits per heavy atom. The van der Waals surface area contributed by atoms with Crippen molar-refractivity contribution in [3.8, 4) is 0 Å². The first-order chi connectivity index (χ1) is 8.11. The molecule has 0 bridgehead atoms. The molecule has 0 aliphatic rings. The van der Waals surface area contributed by atoms with Crippen molar-refractivity contribution in [1.29, 1.82) is 0 Å². The van der Waals surface area contributed by atoms with E-state index in [1.54, 1.807) is 16.8 Å². The van der Waals surface area contributed by atoms with E-state index in [1.165, 1.54) is 0 Å². The standard InChI is InChI=1S/C10H11N3O3S/c1-5-6(17-4-12-5)2-3-16-13-8-7(11)9(14)10(8)15/h4,13H,2-3,11H2,1H3. The van der Waals surface area contributed by atoms with Gasteiger partial charge in [-0.3, -0.25) is 19.9 Å². The topological polar surface area (TPSA) is 94.3 Å². The summed E-state index contributed by atoms with van der Waals surface area (Å²) in [5.41, 5.74) is 9.17. The van der Waals surface area contributed by atoms with Crippen LogP contribution in [0.2, 0.25) is 0 Å². The van der Waals surface area contributed by atoms with Crippen LogP contribution in [0, 0.1) is 6.92 Å². The van der Waals surface area contributed by atoms with Crippen LogP contribution >= 0.6 is 11.3 Å². The summed E-state index contributed by atoms with van der Waals surface area (Å²) in [6.07, 6.45) is 0.693. The third-order valence-electron chi connectivity index (χ3n) is 2.40. The van der Waals surface area contributed by atoms with E-state index in [0.29, 0.717) is 13.0 Å². The van der Waals surface area contributed by atoms with Gasteiger partial charge in [-0.1, -0.05) is 0 Å². The smallest absolute Gasteiger partial charge is 0.255 e.